The summed E-state index contributed by atoms with van der Waals surface area (Å²) in [6, 6.07) is 72.5. The van der Waals surface area contributed by atoms with Crippen molar-refractivity contribution in [2.45, 2.75) is 52.4 Å². The molecule has 1 aromatic heterocycles. The van der Waals surface area contributed by atoms with Crippen molar-refractivity contribution in [2.24, 2.45) is 0 Å². The maximum absolute atomic E-state index is 2.53. The number of nitrogens with zero attached hydrogens (tertiary/aromatic N) is 2. The van der Waals surface area contributed by atoms with Crippen molar-refractivity contribution in [3.63, 3.8) is 0 Å². The van der Waals surface area contributed by atoms with Gasteiger partial charge >= 0.3 is 0 Å². The van der Waals surface area contributed by atoms with Crippen LogP contribution in [-0.2, 0) is 10.8 Å². The molecule has 2 heteroatoms. The van der Waals surface area contributed by atoms with Crippen molar-refractivity contribution in [3.8, 4) is 27.9 Å². The average Bonchev–Trinajstić information content (AvgIpc) is 3.62. The zero-order valence-corrected chi connectivity index (χ0v) is 36.4. The van der Waals surface area contributed by atoms with Gasteiger partial charge in [-0.1, -0.05) is 193 Å². The second-order valence-corrected chi connectivity index (χ2v) is 19.0. The van der Waals surface area contributed by atoms with Crippen LogP contribution in [0.5, 0.6) is 0 Å². The van der Waals surface area contributed by atoms with E-state index >= 15 is 0 Å². The average molecular weight is 799 g/mol. The van der Waals surface area contributed by atoms with Crippen molar-refractivity contribution in [1.82, 2.24) is 4.57 Å². The van der Waals surface area contributed by atoms with Gasteiger partial charge in [-0.3, -0.25) is 0 Å². The van der Waals surface area contributed by atoms with Crippen LogP contribution >= 0.6 is 0 Å². The Hall–Kier alpha value is -7.16. The highest BCUT2D eigenvalue weighted by Crippen LogP contribution is 2.49. The van der Waals surface area contributed by atoms with E-state index in [-0.39, 0.29) is 10.8 Å². The summed E-state index contributed by atoms with van der Waals surface area (Å²) in [5.41, 5.74) is 14.5. The highest BCUT2D eigenvalue weighted by Gasteiger charge is 2.26. The molecule has 0 radical (unpaired) electrons. The van der Waals surface area contributed by atoms with Crippen molar-refractivity contribution in [3.05, 3.63) is 205 Å². The van der Waals surface area contributed by atoms with Gasteiger partial charge in [-0.25, -0.2) is 0 Å². The van der Waals surface area contributed by atoms with Crippen LogP contribution in [0.3, 0.4) is 0 Å². The van der Waals surface area contributed by atoms with Gasteiger partial charge in [0.15, 0.2) is 0 Å². The Kier molecular flexibility index (Phi) is 8.67. The van der Waals surface area contributed by atoms with Crippen LogP contribution in [0.25, 0.3) is 82.1 Å². The Morgan fingerprint density at radius 2 is 0.887 bits per heavy atom. The van der Waals surface area contributed by atoms with Crippen LogP contribution in [-0.4, -0.2) is 4.57 Å². The Morgan fingerprint density at radius 1 is 0.371 bits per heavy atom. The van der Waals surface area contributed by atoms with Gasteiger partial charge < -0.3 is 9.47 Å². The summed E-state index contributed by atoms with van der Waals surface area (Å²) in [6.07, 6.45) is 0. The molecular formula is C60H50N2. The van der Waals surface area contributed by atoms with E-state index in [0.717, 1.165) is 17.1 Å². The van der Waals surface area contributed by atoms with Crippen LogP contribution in [0, 0.1) is 0 Å². The van der Waals surface area contributed by atoms with Gasteiger partial charge in [0.2, 0.25) is 0 Å². The van der Waals surface area contributed by atoms with Crippen molar-refractivity contribution >= 4 is 71.2 Å². The minimum atomic E-state index is -0.0575. The molecule has 2 nitrogen and oxygen atoms in total. The molecule has 0 aliphatic heterocycles. The summed E-state index contributed by atoms with van der Waals surface area (Å²) in [7, 11) is 0. The number of hydrogen-bond donors (Lipinski definition) is 0. The van der Waals surface area contributed by atoms with Crippen LogP contribution in [0.2, 0.25) is 0 Å². The maximum Gasteiger partial charge on any atom is 0.0543 e. The minimum Gasteiger partial charge on any atom is -0.309 e. The van der Waals surface area contributed by atoms with E-state index in [4.69, 9.17) is 0 Å². The Bertz CT molecular complexity index is 3390. The van der Waals surface area contributed by atoms with Gasteiger partial charge in [0.1, 0.15) is 0 Å². The molecule has 10 aromatic carbocycles. The fourth-order valence-corrected chi connectivity index (χ4v) is 9.76. The first-order valence-corrected chi connectivity index (χ1v) is 21.9. The monoisotopic (exact) mass is 798 g/mol. The van der Waals surface area contributed by atoms with E-state index in [9.17, 15) is 0 Å². The third-order valence-corrected chi connectivity index (χ3v) is 13.1. The first-order valence-electron chi connectivity index (χ1n) is 21.9. The second-order valence-electron chi connectivity index (χ2n) is 19.0. The van der Waals surface area contributed by atoms with E-state index in [1.54, 1.807) is 0 Å². The number of hydrogen-bond acceptors (Lipinski definition) is 1. The highest BCUT2D eigenvalue weighted by atomic mass is 15.1. The predicted molar refractivity (Wildman–Crippen MR) is 267 cm³/mol. The summed E-state index contributed by atoms with van der Waals surface area (Å²) >= 11 is 0. The lowest BCUT2D eigenvalue weighted by Crippen LogP contribution is -2.16. The Labute approximate surface area is 364 Å². The number of benzene rings is 10. The topological polar surface area (TPSA) is 8.17 Å². The molecule has 11 aromatic rings. The van der Waals surface area contributed by atoms with E-state index < -0.39 is 0 Å². The lowest BCUT2D eigenvalue weighted by molar-refractivity contribution is 0.590. The van der Waals surface area contributed by atoms with Gasteiger partial charge in [0, 0.05) is 32.8 Å². The predicted octanol–water partition coefficient (Wildman–Crippen LogP) is 17.1. The van der Waals surface area contributed by atoms with E-state index in [0.29, 0.717) is 0 Å². The fraction of sp³-hybridized carbons (Fsp3) is 0.133. The SMILES string of the molecule is CC(C)(C)c1ccc(N(c2cc(C(C)(C)C)ccc2-c2ccc(-c3ccccc3)cc2)c2ccc3ccc4c(-n5c6ccccc6c6ccccc65)ccc5ccc2c3c54)cc1. The van der Waals surface area contributed by atoms with Crippen molar-refractivity contribution in [1.29, 1.82) is 0 Å². The summed E-state index contributed by atoms with van der Waals surface area (Å²) in [4.78, 5) is 2.53. The number of para-hydroxylation sites is 2. The van der Waals surface area contributed by atoms with E-state index in [1.165, 1.54) is 93.2 Å². The van der Waals surface area contributed by atoms with Gasteiger partial charge in [0.05, 0.1) is 28.1 Å². The van der Waals surface area contributed by atoms with Crippen molar-refractivity contribution in [2.75, 3.05) is 4.90 Å². The molecule has 0 saturated carbocycles. The summed E-state index contributed by atoms with van der Waals surface area (Å²) in [5, 5.41) is 10.1. The second kappa shape index (κ2) is 14.2. The first-order chi connectivity index (χ1) is 30.0. The lowest BCUT2D eigenvalue weighted by Gasteiger charge is -2.32. The maximum atomic E-state index is 2.53. The third-order valence-electron chi connectivity index (χ3n) is 13.1. The molecule has 62 heavy (non-hydrogen) atoms. The molecule has 0 saturated heterocycles. The number of rotatable bonds is 6. The number of fused-ring (bicyclic) bond motifs is 3. The van der Waals surface area contributed by atoms with Gasteiger partial charge in [-0.15, -0.1) is 0 Å². The summed E-state index contributed by atoms with van der Waals surface area (Å²) in [5.74, 6) is 0. The Morgan fingerprint density at radius 3 is 1.53 bits per heavy atom. The summed E-state index contributed by atoms with van der Waals surface area (Å²) in [6.45, 7) is 13.8. The number of anilines is 3. The van der Waals surface area contributed by atoms with Gasteiger partial charge in [-0.05, 0) is 103 Å². The molecule has 0 spiro atoms. The van der Waals surface area contributed by atoms with Crippen LogP contribution < -0.4 is 4.90 Å². The molecule has 300 valence electrons. The molecule has 0 aliphatic carbocycles. The zero-order valence-electron chi connectivity index (χ0n) is 36.4. The zero-order chi connectivity index (χ0) is 42.3. The lowest BCUT2D eigenvalue weighted by atomic mass is 9.84. The first kappa shape index (κ1) is 37.8. The molecule has 0 N–H and O–H groups in total. The van der Waals surface area contributed by atoms with Crippen LogP contribution in [0.4, 0.5) is 17.1 Å². The molecule has 0 fully saturated rings. The summed E-state index contributed by atoms with van der Waals surface area (Å²) < 4.78 is 2.47. The van der Waals surface area contributed by atoms with Gasteiger partial charge in [-0.2, -0.15) is 0 Å². The highest BCUT2D eigenvalue weighted by molar-refractivity contribution is 6.27. The largest absolute Gasteiger partial charge is 0.309 e. The molecule has 1 heterocycles. The molecular weight excluding hydrogens is 749 g/mol. The number of aromatic nitrogens is 1. The molecule has 0 atom stereocenters. The molecule has 0 amide bonds. The third kappa shape index (κ3) is 6.16. The Balaban J connectivity index is 1.18. The minimum absolute atomic E-state index is 0.0300. The van der Waals surface area contributed by atoms with Crippen LogP contribution in [0.1, 0.15) is 52.7 Å². The normalized spacial score (nSPS) is 12.4. The molecule has 11 rings (SSSR count). The van der Waals surface area contributed by atoms with E-state index in [1.807, 2.05) is 0 Å². The van der Waals surface area contributed by atoms with Gasteiger partial charge in [0.25, 0.3) is 0 Å². The quantitative estimate of drug-likeness (QED) is 0.152. The van der Waals surface area contributed by atoms with Crippen molar-refractivity contribution < 1.29 is 0 Å². The molecule has 0 bridgehead atoms. The smallest absolute Gasteiger partial charge is 0.0543 e. The fourth-order valence-electron chi connectivity index (χ4n) is 9.76. The van der Waals surface area contributed by atoms with E-state index in [2.05, 4.69) is 245 Å². The molecule has 0 aliphatic rings. The van der Waals surface area contributed by atoms with Crippen LogP contribution in [0.15, 0.2) is 194 Å². The molecule has 0 unspecified atom stereocenters. The standard InChI is InChI=1S/C60H50N2/c1-59(2,3)44-28-31-46(32-29-44)61(56-38-45(60(4,5)6)30-35-47(56)41-22-20-40(21-23-41)39-14-8-7-9-15-39)54-36-26-42-25-34-51-55(37-27-43-24-33-50(54)57(42)58(43)51)62-52-18-12-10-16-48(52)49-17-11-13-19-53(49)62/h7-38H,1-6H3.